The Balaban J connectivity index is 1.86. The Morgan fingerprint density at radius 1 is 1.37 bits per heavy atom. The molecule has 2 rings (SSSR count). The molecule has 0 amide bonds. The smallest absolute Gasteiger partial charge is 0.123 e. The van der Waals surface area contributed by atoms with Crippen LogP contribution in [-0.2, 0) is 6.42 Å². The van der Waals surface area contributed by atoms with Gasteiger partial charge in [-0.1, -0.05) is 6.07 Å². The Kier molecular flexibility index (Phi) is 5.13. The summed E-state index contributed by atoms with van der Waals surface area (Å²) in [4.78, 5) is 1.32. The van der Waals surface area contributed by atoms with Gasteiger partial charge in [0.15, 0.2) is 0 Å². The number of halogens is 2. The predicted molar refractivity (Wildman–Crippen MR) is 83.3 cm³/mol. The van der Waals surface area contributed by atoms with Crippen molar-refractivity contribution in [3.05, 3.63) is 55.9 Å². The van der Waals surface area contributed by atoms with Crippen LogP contribution in [0, 0.1) is 12.7 Å². The summed E-state index contributed by atoms with van der Waals surface area (Å²) in [7, 11) is 0. The lowest BCUT2D eigenvalue weighted by molar-refractivity contribution is 0.582. The first-order valence-corrected chi connectivity index (χ1v) is 7.96. The lowest BCUT2D eigenvalue weighted by atomic mass is 10.1. The minimum absolute atomic E-state index is 0.161. The highest BCUT2D eigenvalue weighted by Gasteiger charge is 2.07. The quantitative estimate of drug-likeness (QED) is 0.819. The molecule has 1 atom stereocenters. The van der Waals surface area contributed by atoms with Crippen LogP contribution in [0.25, 0.3) is 0 Å². The molecule has 0 radical (unpaired) electrons. The lowest BCUT2D eigenvalue weighted by Gasteiger charge is -2.13. The fraction of sp³-hybridized carbons (Fsp3) is 0.333. The number of nitrogens with one attached hydrogen (secondary N) is 1. The van der Waals surface area contributed by atoms with E-state index in [0.29, 0.717) is 6.04 Å². The van der Waals surface area contributed by atoms with Crippen molar-refractivity contribution >= 4 is 27.3 Å². The fourth-order valence-corrected chi connectivity index (χ4v) is 3.50. The first-order valence-electron chi connectivity index (χ1n) is 6.28. The zero-order valence-corrected chi connectivity index (χ0v) is 13.4. The molecule has 0 bridgehead atoms. The molecular formula is C15H17BrFNS. The molecule has 1 heterocycles. The summed E-state index contributed by atoms with van der Waals surface area (Å²) in [5, 5.41) is 5.59. The van der Waals surface area contributed by atoms with E-state index in [0.717, 1.165) is 23.0 Å². The molecule has 0 aliphatic rings. The summed E-state index contributed by atoms with van der Waals surface area (Å²) in [6, 6.07) is 7.48. The number of hydrogen-bond acceptors (Lipinski definition) is 2. The molecule has 1 aromatic heterocycles. The van der Waals surface area contributed by atoms with Gasteiger partial charge in [-0.3, -0.25) is 0 Å². The summed E-state index contributed by atoms with van der Waals surface area (Å²) in [6.07, 6.45) is 0.920. The molecule has 1 N–H and O–H groups in total. The molecule has 1 unspecified atom stereocenters. The van der Waals surface area contributed by atoms with E-state index >= 15 is 0 Å². The van der Waals surface area contributed by atoms with Gasteiger partial charge >= 0.3 is 0 Å². The van der Waals surface area contributed by atoms with Crippen molar-refractivity contribution in [2.75, 3.05) is 6.54 Å². The molecule has 19 heavy (non-hydrogen) atoms. The van der Waals surface area contributed by atoms with Crippen molar-refractivity contribution in [1.29, 1.82) is 0 Å². The highest BCUT2D eigenvalue weighted by atomic mass is 79.9. The molecule has 0 saturated heterocycles. The Labute approximate surface area is 126 Å². The second kappa shape index (κ2) is 6.64. The predicted octanol–water partition coefficient (Wildman–Crippen LogP) is 4.85. The summed E-state index contributed by atoms with van der Waals surface area (Å²) >= 11 is 5.22. The van der Waals surface area contributed by atoms with E-state index in [1.807, 2.05) is 13.0 Å². The van der Waals surface area contributed by atoms with Crippen LogP contribution in [0.4, 0.5) is 4.39 Å². The number of aryl methyl sites for hydroxylation is 1. The van der Waals surface area contributed by atoms with Crippen LogP contribution in [-0.4, -0.2) is 6.54 Å². The van der Waals surface area contributed by atoms with E-state index in [4.69, 9.17) is 0 Å². The van der Waals surface area contributed by atoms with Crippen LogP contribution in [0.2, 0.25) is 0 Å². The molecule has 0 aliphatic heterocycles. The van der Waals surface area contributed by atoms with Gasteiger partial charge in [0, 0.05) is 20.8 Å². The minimum atomic E-state index is -0.161. The number of hydrogen-bond donors (Lipinski definition) is 1. The lowest BCUT2D eigenvalue weighted by Crippen LogP contribution is -2.20. The fourth-order valence-electron chi connectivity index (χ4n) is 2.02. The molecule has 0 saturated carbocycles. The Morgan fingerprint density at radius 3 is 2.79 bits per heavy atom. The topological polar surface area (TPSA) is 12.0 Å². The maximum Gasteiger partial charge on any atom is 0.123 e. The Bertz CT molecular complexity index is 553. The van der Waals surface area contributed by atoms with E-state index in [9.17, 15) is 4.39 Å². The second-order valence-corrected chi connectivity index (χ2v) is 6.52. The third-order valence-corrected chi connectivity index (χ3v) is 5.04. The molecule has 0 aliphatic carbocycles. The molecule has 2 aromatic rings. The maximum absolute atomic E-state index is 13.0. The summed E-state index contributed by atoms with van der Waals surface area (Å²) < 4.78 is 14.1. The van der Waals surface area contributed by atoms with Crippen molar-refractivity contribution in [3.63, 3.8) is 0 Å². The monoisotopic (exact) mass is 341 g/mol. The highest BCUT2D eigenvalue weighted by molar-refractivity contribution is 9.10. The van der Waals surface area contributed by atoms with Gasteiger partial charge in [0.1, 0.15) is 5.82 Å². The molecule has 1 aromatic carbocycles. The average molecular weight is 342 g/mol. The summed E-state index contributed by atoms with van der Waals surface area (Å²) in [6.45, 7) is 5.01. The van der Waals surface area contributed by atoms with Gasteiger partial charge in [0.05, 0.1) is 0 Å². The standard InChI is InChI=1S/C15H17BrFNS/c1-10-7-14(17)4-3-12(10)5-6-18-11(2)15-8-13(16)9-19-15/h3-4,7-9,11,18H,5-6H2,1-2H3. The van der Waals surface area contributed by atoms with Crippen LogP contribution in [0.3, 0.4) is 0 Å². The van der Waals surface area contributed by atoms with Crippen LogP contribution in [0.1, 0.15) is 29.0 Å². The van der Waals surface area contributed by atoms with Crippen molar-refractivity contribution in [2.45, 2.75) is 26.3 Å². The largest absolute Gasteiger partial charge is 0.309 e. The van der Waals surface area contributed by atoms with Crippen LogP contribution in [0.15, 0.2) is 34.1 Å². The summed E-state index contributed by atoms with van der Waals surface area (Å²) in [5.41, 5.74) is 2.22. The third-order valence-electron chi connectivity index (χ3n) is 3.16. The Hall–Kier alpha value is -0.710. The number of benzene rings is 1. The first kappa shape index (κ1) is 14.7. The summed E-state index contributed by atoms with van der Waals surface area (Å²) in [5.74, 6) is -0.161. The molecule has 1 nitrogen and oxygen atoms in total. The van der Waals surface area contributed by atoms with Gasteiger partial charge in [-0.15, -0.1) is 11.3 Å². The van der Waals surface area contributed by atoms with E-state index in [-0.39, 0.29) is 5.82 Å². The first-order chi connectivity index (χ1) is 9.06. The van der Waals surface area contributed by atoms with Gasteiger partial charge in [0.25, 0.3) is 0 Å². The van der Waals surface area contributed by atoms with E-state index < -0.39 is 0 Å². The van der Waals surface area contributed by atoms with Gasteiger partial charge in [-0.05, 0) is 72.1 Å². The van der Waals surface area contributed by atoms with E-state index in [2.05, 4.69) is 39.6 Å². The zero-order valence-electron chi connectivity index (χ0n) is 11.0. The second-order valence-electron chi connectivity index (χ2n) is 4.66. The van der Waals surface area contributed by atoms with E-state index in [1.54, 1.807) is 17.4 Å². The van der Waals surface area contributed by atoms with Crippen LogP contribution >= 0.6 is 27.3 Å². The maximum atomic E-state index is 13.0. The average Bonchev–Trinajstić information content (AvgIpc) is 2.78. The zero-order chi connectivity index (χ0) is 13.8. The Morgan fingerprint density at radius 2 is 2.16 bits per heavy atom. The molecule has 4 heteroatoms. The molecule has 102 valence electrons. The van der Waals surface area contributed by atoms with Gasteiger partial charge < -0.3 is 5.32 Å². The molecular weight excluding hydrogens is 325 g/mol. The number of thiophene rings is 1. The van der Waals surface area contributed by atoms with Crippen molar-refractivity contribution in [3.8, 4) is 0 Å². The van der Waals surface area contributed by atoms with Crippen LogP contribution in [0.5, 0.6) is 0 Å². The van der Waals surface area contributed by atoms with Crippen LogP contribution < -0.4 is 5.32 Å². The highest BCUT2D eigenvalue weighted by Crippen LogP contribution is 2.25. The van der Waals surface area contributed by atoms with Crippen molar-refractivity contribution < 1.29 is 4.39 Å². The SMILES string of the molecule is Cc1cc(F)ccc1CCNC(C)c1cc(Br)cs1. The van der Waals surface area contributed by atoms with Crippen molar-refractivity contribution in [1.82, 2.24) is 5.32 Å². The van der Waals surface area contributed by atoms with Gasteiger partial charge in [-0.2, -0.15) is 0 Å². The normalized spacial score (nSPS) is 12.6. The molecule has 0 spiro atoms. The van der Waals surface area contributed by atoms with Gasteiger partial charge in [-0.25, -0.2) is 4.39 Å². The van der Waals surface area contributed by atoms with Crippen molar-refractivity contribution in [2.24, 2.45) is 0 Å². The van der Waals surface area contributed by atoms with Gasteiger partial charge in [0.2, 0.25) is 0 Å². The molecule has 0 fully saturated rings. The third kappa shape index (κ3) is 4.13. The number of rotatable bonds is 5. The van der Waals surface area contributed by atoms with E-state index in [1.165, 1.54) is 16.5 Å². The minimum Gasteiger partial charge on any atom is -0.309 e.